The van der Waals surface area contributed by atoms with Gasteiger partial charge in [-0.25, -0.2) is 0 Å². The normalized spacial score (nSPS) is 45.9. The van der Waals surface area contributed by atoms with Crippen molar-refractivity contribution in [2.75, 3.05) is 6.54 Å². The molecule has 0 aromatic heterocycles. The lowest BCUT2D eigenvalue weighted by Gasteiger charge is -2.53. The Bertz CT molecular complexity index is 426. The third kappa shape index (κ3) is 1.14. The quantitative estimate of drug-likeness (QED) is 0.836. The third-order valence-corrected chi connectivity index (χ3v) is 5.70. The van der Waals surface area contributed by atoms with Crippen molar-refractivity contribution in [1.82, 2.24) is 5.32 Å². The van der Waals surface area contributed by atoms with Crippen LogP contribution in [0, 0.1) is 17.3 Å². The lowest BCUT2D eigenvalue weighted by atomic mass is 9.56. The summed E-state index contributed by atoms with van der Waals surface area (Å²) in [6, 6.07) is 12.0. The Balaban J connectivity index is 1.67. The molecular formula is C16H21N. The fourth-order valence-corrected chi connectivity index (χ4v) is 5.05. The highest BCUT2D eigenvalue weighted by atomic mass is 15.0. The maximum atomic E-state index is 3.78. The SMILES string of the molecule is CCNC1C(c2ccccc2)C2CCC3CC321. The number of nitrogens with one attached hydrogen (secondary N) is 1. The second kappa shape index (κ2) is 3.35. The monoisotopic (exact) mass is 227 g/mol. The molecule has 3 aliphatic carbocycles. The van der Waals surface area contributed by atoms with Gasteiger partial charge in [-0.15, -0.1) is 0 Å². The highest BCUT2D eigenvalue weighted by molar-refractivity contribution is 5.37. The first-order valence-electron chi connectivity index (χ1n) is 7.16. The van der Waals surface area contributed by atoms with Crippen molar-refractivity contribution in [3.05, 3.63) is 35.9 Å². The van der Waals surface area contributed by atoms with E-state index in [2.05, 4.69) is 42.6 Å². The van der Waals surface area contributed by atoms with Crippen molar-refractivity contribution >= 4 is 0 Å². The van der Waals surface area contributed by atoms with Gasteiger partial charge in [0, 0.05) is 12.0 Å². The molecule has 5 unspecified atom stereocenters. The maximum absolute atomic E-state index is 3.78. The molecule has 5 atom stereocenters. The van der Waals surface area contributed by atoms with E-state index in [0.717, 1.165) is 35.8 Å². The lowest BCUT2D eigenvalue weighted by molar-refractivity contribution is 0.0542. The van der Waals surface area contributed by atoms with Gasteiger partial charge >= 0.3 is 0 Å². The van der Waals surface area contributed by atoms with Gasteiger partial charge in [0.25, 0.3) is 0 Å². The Kier molecular flexibility index (Phi) is 2.00. The summed E-state index contributed by atoms with van der Waals surface area (Å²) in [6.45, 7) is 3.37. The van der Waals surface area contributed by atoms with Crippen LogP contribution in [0.2, 0.25) is 0 Å². The van der Waals surface area contributed by atoms with E-state index in [0.29, 0.717) is 0 Å². The van der Waals surface area contributed by atoms with Crippen LogP contribution < -0.4 is 5.32 Å². The molecule has 17 heavy (non-hydrogen) atoms. The Morgan fingerprint density at radius 3 is 2.76 bits per heavy atom. The van der Waals surface area contributed by atoms with Crippen molar-refractivity contribution in [2.24, 2.45) is 17.3 Å². The second-order valence-corrected chi connectivity index (χ2v) is 6.17. The smallest absolute Gasteiger partial charge is 0.0201 e. The molecular weight excluding hydrogens is 206 g/mol. The molecule has 1 spiro atoms. The molecule has 1 aromatic rings. The van der Waals surface area contributed by atoms with E-state index in [9.17, 15) is 0 Å². The Morgan fingerprint density at radius 1 is 1.24 bits per heavy atom. The number of hydrogen-bond acceptors (Lipinski definition) is 1. The molecule has 3 aliphatic rings. The summed E-state index contributed by atoms with van der Waals surface area (Å²) in [5.41, 5.74) is 2.30. The molecule has 3 saturated carbocycles. The Morgan fingerprint density at radius 2 is 2.06 bits per heavy atom. The largest absolute Gasteiger partial charge is 0.313 e. The number of hydrogen-bond donors (Lipinski definition) is 1. The van der Waals surface area contributed by atoms with Crippen LogP contribution in [-0.2, 0) is 0 Å². The Labute approximate surface area is 104 Å². The lowest BCUT2D eigenvalue weighted by Crippen LogP contribution is -2.57. The standard InChI is InChI=1S/C16H21N/c1-2-17-15-14(11-6-4-3-5-7-11)13-9-8-12-10-16(12,13)15/h3-7,12-15,17H,2,8-10H2,1H3. The minimum atomic E-state index is 0.733. The van der Waals surface area contributed by atoms with Crippen molar-refractivity contribution < 1.29 is 0 Å². The van der Waals surface area contributed by atoms with Crippen LogP contribution in [-0.4, -0.2) is 12.6 Å². The van der Waals surface area contributed by atoms with Crippen LogP contribution >= 0.6 is 0 Å². The fraction of sp³-hybridized carbons (Fsp3) is 0.625. The zero-order valence-electron chi connectivity index (χ0n) is 10.5. The minimum absolute atomic E-state index is 0.733. The number of likely N-dealkylation sites (N-methyl/N-ethyl adjacent to an activating group) is 1. The summed E-state index contributed by atoms with van der Waals surface area (Å²) in [5.74, 6) is 2.85. The summed E-state index contributed by atoms with van der Waals surface area (Å²) in [6.07, 6.45) is 4.49. The molecule has 1 nitrogen and oxygen atoms in total. The van der Waals surface area contributed by atoms with E-state index in [-0.39, 0.29) is 0 Å². The number of benzene rings is 1. The van der Waals surface area contributed by atoms with Crippen LogP contribution in [0.1, 0.15) is 37.7 Å². The molecule has 90 valence electrons. The van der Waals surface area contributed by atoms with Gasteiger partial charge in [0.1, 0.15) is 0 Å². The topological polar surface area (TPSA) is 12.0 Å². The summed E-state index contributed by atoms with van der Waals surface area (Å²) >= 11 is 0. The molecule has 1 N–H and O–H groups in total. The van der Waals surface area contributed by atoms with Crippen molar-refractivity contribution in [2.45, 2.75) is 38.1 Å². The molecule has 4 rings (SSSR count). The molecule has 0 saturated heterocycles. The van der Waals surface area contributed by atoms with Gasteiger partial charge in [-0.2, -0.15) is 0 Å². The molecule has 1 aromatic carbocycles. The first-order valence-corrected chi connectivity index (χ1v) is 7.16. The van der Waals surface area contributed by atoms with E-state index < -0.39 is 0 Å². The van der Waals surface area contributed by atoms with Gasteiger partial charge < -0.3 is 5.32 Å². The van der Waals surface area contributed by atoms with Crippen LogP contribution in [0.4, 0.5) is 0 Å². The summed E-state index contributed by atoms with van der Waals surface area (Å²) in [4.78, 5) is 0. The number of rotatable bonds is 3. The first kappa shape index (κ1) is 10.1. The van der Waals surface area contributed by atoms with Gasteiger partial charge in [-0.3, -0.25) is 0 Å². The fourth-order valence-electron chi connectivity index (χ4n) is 5.05. The maximum Gasteiger partial charge on any atom is 0.0201 e. The summed E-state index contributed by atoms with van der Waals surface area (Å²) in [5, 5.41) is 3.78. The molecule has 1 heteroatoms. The van der Waals surface area contributed by atoms with E-state index in [1.54, 1.807) is 5.56 Å². The average molecular weight is 227 g/mol. The predicted octanol–water partition coefficient (Wildman–Crippen LogP) is 3.18. The Hall–Kier alpha value is -0.820. The van der Waals surface area contributed by atoms with E-state index in [4.69, 9.17) is 0 Å². The average Bonchev–Trinajstić information content (AvgIpc) is 3.04. The van der Waals surface area contributed by atoms with Crippen LogP contribution in [0.15, 0.2) is 30.3 Å². The van der Waals surface area contributed by atoms with Crippen LogP contribution in [0.3, 0.4) is 0 Å². The van der Waals surface area contributed by atoms with E-state index in [1.807, 2.05) is 0 Å². The van der Waals surface area contributed by atoms with Gasteiger partial charge in [-0.1, -0.05) is 37.3 Å². The summed E-state index contributed by atoms with van der Waals surface area (Å²) in [7, 11) is 0. The van der Waals surface area contributed by atoms with Gasteiger partial charge in [0.2, 0.25) is 0 Å². The zero-order valence-corrected chi connectivity index (χ0v) is 10.5. The van der Waals surface area contributed by atoms with Gasteiger partial charge in [0.05, 0.1) is 0 Å². The van der Waals surface area contributed by atoms with Crippen molar-refractivity contribution in [1.29, 1.82) is 0 Å². The third-order valence-electron chi connectivity index (χ3n) is 5.70. The van der Waals surface area contributed by atoms with Crippen LogP contribution in [0.25, 0.3) is 0 Å². The molecule has 0 heterocycles. The van der Waals surface area contributed by atoms with Crippen LogP contribution in [0.5, 0.6) is 0 Å². The van der Waals surface area contributed by atoms with Crippen molar-refractivity contribution in [3.8, 4) is 0 Å². The predicted molar refractivity (Wildman–Crippen MR) is 69.9 cm³/mol. The molecule has 0 amide bonds. The molecule has 0 radical (unpaired) electrons. The minimum Gasteiger partial charge on any atom is -0.313 e. The second-order valence-electron chi connectivity index (χ2n) is 6.17. The molecule has 0 bridgehead atoms. The van der Waals surface area contributed by atoms with Gasteiger partial charge in [0.15, 0.2) is 0 Å². The highest BCUT2D eigenvalue weighted by Gasteiger charge is 2.76. The van der Waals surface area contributed by atoms with E-state index in [1.165, 1.54) is 19.3 Å². The molecule has 0 aliphatic heterocycles. The van der Waals surface area contributed by atoms with E-state index >= 15 is 0 Å². The first-order chi connectivity index (χ1) is 8.38. The van der Waals surface area contributed by atoms with Crippen molar-refractivity contribution in [3.63, 3.8) is 0 Å². The van der Waals surface area contributed by atoms with Gasteiger partial charge in [-0.05, 0) is 48.6 Å². The zero-order chi connectivity index (χ0) is 11.5. The molecule has 3 fully saturated rings. The highest BCUT2D eigenvalue weighted by Crippen LogP contribution is 2.79. The summed E-state index contributed by atoms with van der Waals surface area (Å²) < 4.78 is 0.